The lowest BCUT2D eigenvalue weighted by molar-refractivity contribution is -0.147. The van der Waals surface area contributed by atoms with Crippen LogP contribution < -0.4 is 10.6 Å². The molecule has 96 valence electrons. The molecule has 0 aliphatic rings. The Kier molecular flexibility index (Phi) is 5.37. The van der Waals surface area contributed by atoms with Gasteiger partial charge in [-0.2, -0.15) is 0 Å². The molecule has 1 rings (SSSR count). The zero-order valence-electron chi connectivity index (χ0n) is 9.93. The Morgan fingerprint density at radius 3 is 2.44 bits per heavy atom. The van der Waals surface area contributed by atoms with Gasteiger partial charge in [0.05, 0.1) is 0 Å². The highest BCUT2D eigenvalue weighted by Crippen LogP contribution is 1.97. The summed E-state index contributed by atoms with van der Waals surface area (Å²) >= 11 is 0. The molecule has 0 saturated carbocycles. The Labute approximate surface area is 104 Å². The van der Waals surface area contributed by atoms with Crippen LogP contribution in [0.3, 0.4) is 0 Å². The van der Waals surface area contributed by atoms with Crippen LogP contribution in [0.4, 0.5) is 0 Å². The summed E-state index contributed by atoms with van der Waals surface area (Å²) in [5.41, 5.74) is 0.455. The molecule has 0 bridgehead atoms. The smallest absolute Gasteiger partial charge is 0.325 e. The third-order valence-electron chi connectivity index (χ3n) is 2.07. The van der Waals surface area contributed by atoms with Crippen LogP contribution in [0.15, 0.2) is 30.3 Å². The first-order chi connectivity index (χ1) is 8.63. The van der Waals surface area contributed by atoms with Crippen molar-refractivity contribution >= 4 is 17.8 Å². The van der Waals surface area contributed by atoms with Gasteiger partial charge < -0.3 is 15.4 Å². The fourth-order valence-corrected chi connectivity index (χ4v) is 1.11. The summed E-state index contributed by atoms with van der Waals surface area (Å²) in [5, 5.41) is 4.70. The molecule has 0 spiro atoms. The number of rotatable bonds is 5. The zero-order chi connectivity index (χ0) is 13.4. The van der Waals surface area contributed by atoms with Crippen molar-refractivity contribution < 1.29 is 19.1 Å². The summed E-state index contributed by atoms with van der Waals surface area (Å²) in [6, 6.07) is 8.49. The van der Waals surface area contributed by atoms with Crippen LogP contribution in [-0.4, -0.2) is 38.0 Å². The lowest BCUT2D eigenvalue weighted by atomic mass is 10.2. The number of ether oxygens (including phenoxy) is 1. The third kappa shape index (κ3) is 4.65. The topological polar surface area (TPSA) is 84.5 Å². The second kappa shape index (κ2) is 7.05. The number of carbonyl (C=O) groups is 3. The van der Waals surface area contributed by atoms with E-state index in [-0.39, 0.29) is 19.1 Å². The largest absolute Gasteiger partial charge is 0.454 e. The van der Waals surface area contributed by atoms with E-state index in [4.69, 9.17) is 0 Å². The summed E-state index contributed by atoms with van der Waals surface area (Å²) in [6.07, 6.45) is 0. The monoisotopic (exact) mass is 250 g/mol. The second-order valence-electron chi connectivity index (χ2n) is 3.38. The van der Waals surface area contributed by atoms with Crippen LogP contribution in [0.2, 0.25) is 0 Å². The molecule has 0 radical (unpaired) electrons. The number of esters is 1. The maximum absolute atomic E-state index is 11.5. The molecule has 6 heteroatoms. The summed E-state index contributed by atoms with van der Waals surface area (Å²) in [7, 11) is 1.44. The molecule has 2 N–H and O–H groups in total. The van der Waals surface area contributed by atoms with E-state index in [1.165, 1.54) is 7.05 Å². The Hall–Kier alpha value is -2.37. The highest BCUT2D eigenvalue weighted by molar-refractivity contribution is 5.95. The van der Waals surface area contributed by atoms with Gasteiger partial charge >= 0.3 is 5.97 Å². The summed E-state index contributed by atoms with van der Waals surface area (Å²) in [6.45, 7) is -0.624. The van der Waals surface area contributed by atoms with Crippen molar-refractivity contribution in [1.29, 1.82) is 0 Å². The van der Waals surface area contributed by atoms with Crippen molar-refractivity contribution in [3.63, 3.8) is 0 Å². The minimum Gasteiger partial charge on any atom is -0.454 e. The van der Waals surface area contributed by atoms with E-state index in [2.05, 4.69) is 15.4 Å². The van der Waals surface area contributed by atoms with Crippen molar-refractivity contribution in [2.45, 2.75) is 0 Å². The number of amides is 2. The third-order valence-corrected chi connectivity index (χ3v) is 2.07. The van der Waals surface area contributed by atoms with Gasteiger partial charge in [0, 0.05) is 12.6 Å². The molecule has 0 fully saturated rings. The predicted octanol–water partition coefficient (Wildman–Crippen LogP) is -0.294. The van der Waals surface area contributed by atoms with Gasteiger partial charge in [0.1, 0.15) is 6.54 Å². The van der Waals surface area contributed by atoms with E-state index in [1.807, 2.05) is 0 Å². The molecule has 0 heterocycles. The maximum atomic E-state index is 11.5. The molecule has 1 aromatic rings. The van der Waals surface area contributed by atoms with E-state index >= 15 is 0 Å². The minimum atomic E-state index is -0.664. The van der Waals surface area contributed by atoms with E-state index < -0.39 is 11.9 Å². The first-order valence-electron chi connectivity index (χ1n) is 5.33. The summed E-state index contributed by atoms with van der Waals surface area (Å²) in [4.78, 5) is 33.5. The molecule has 6 nitrogen and oxygen atoms in total. The molecular formula is C12H14N2O4. The lowest BCUT2D eigenvalue weighted by Crippen LogP contribution is -2.33. The zero-order valence-corrected chi connectivity index (χ0v) is 9.93. The quantitative estimate of drug-likeness (QED) is 0.703. The molecule has 0 atom stereocenters. The van der Waals surface area contributed by atoms with Crippen LogP contribution in [0.25, 0.3) is 0 Å². The highest BCUT2D eigenvalue weighted by Gasteiger charge is 2.09. The van der Waals surface area contributed by atoms with Crippen LogP contribution in [0.1, 0.15) is 10.4 Å². The average Bonchev–Trinajstić information content (AvgIpc) is 2.42. The van der Waals surface area contributed by atoms with Crippen LogP contribution >= 0.6 is 0 Å². The number of nitrogens with one attached hydrogen (secondary N) is 2. The first-order valence-corrected chi connectivity index (χ1v) is 5.33. The van der Waals surface area contributed by atoms with Gasteiger partial charge in [-0.3, -0.25) is 14.4 Å². The fourth-order valence-electron chi connectivity index (χ4n) is 1.11. The maximum Gasteiger partial charge on any atom is 0.325 e. The Morgan fingerprint density at radius 1 is 1.17 bits per heavy atom. The standard InChI is InChI=1S/C12H14N2O4/c1-13-10(15)8-18-11(16)7-14-12(17)9-5-3-2-4-6-9/h2-6H,7-8H2,1H3,(H,13,15)(H,14,17). The molecule has 2 amide bonds. The Balaban J connectivity index is 2.31. The van der Waals surface area contributed by atoms with Gasteiger partial charge in [-0.15, -0.1) is 0 Å². The SMILES string of the molecule is CNC(=O)COC(=O)CNC(=O)c1ccccc1. The number of hydrogen-bond acceptors (Lipinski definition) is 4. The molecule has 0 unspecified atom stereocenters. The Morgan fingerprint density at radius 2 is 1.83 bits per heavy atom. The number of benzene rings is 1. The van der Waals surface area contributed by atoms with Crippen molar-refractivity contribution in [3.8, 4) is 0 Å². The van der Waals surface area contributed by atoms with Gasteiger partial charge in [0.25, 0.3) is 11.8 Å². The highest BCUT2D eigenvalue weighted by atomic mass is 16.5. The normalized spacial score (nSPS) is 9.39. The lowest BCUT2D eigenvalue weighted by Gasteiger charge is -2.05. The van der Waals surface area contributed by atoms with Crippen LogP contribution in [0, 0.1) is 0 Å². The minimum absolute atomic E-state index is 0.273. The van der Waals surface area contributed by atoms with Gasteiger partial charge in [-0.05, 0) is 12.1 Å². The van der Waals surface area contributed by atoms with Crippen molar-refractivity contribution in [2.24, 2.45) is 0 Å². The van der Waals surface area contributed by atoms with Gasteiger partial charge in [0.15, 0.2) is 6.61 Å². The summed E-state index contributed by atoms with van der Waals surface area (Å²) in [5.74, 6) is -1.44. The fraction of sp³-hybridized carbons (Fsp3) is 0.250. The summed E-state index contributed by atoms with van der Waals surface area (Å²) < 4.78 is 4.62. The predicted molar refractivity (Wildman–Crippen MR) is 63.8 cm³/mol. The molecule has 0 aliphatic heterocycles. The van der Waals surface area contributed by atoms with Crippen molar-refractivity contribution in [3.05, 3.63) is 35.9 Å². The molecule has 0 saturated heterocycles. The van der Waals surface area contributed by atoms with Gasteiger partial charge in [0.2, 0.25) is 0 Å². The molecule has 0 aromatic heterocycles. The molecule has 18 heavy (non-hydrogen) atoms. The number of hydrogen-bond donors (Lipinski definition) is 2. The van der Waals surface area contributed by atoms with Crippen LogP contribution in [-0.2, 0) is 14.3 Å². The van der Waals surface area contributed by atoms with E-state index in [0.29, 0.717) is 5.56 Å². The first kappa shape index (κ1) is 13.7. The Bertz CT molecular complexity index is 431. The number of carbonyl (C=O) groups excluding carboxylic acids is 3. The van der Waals surface area contributed by atoms with Crippen LogP contribution in [0.5, 0.6) is 0 Å². The van der Waals surface area contributed by atoms with Crippen molar-refractivity contribution in [1.82, 2.24) is 10.6 Å². The molecule has 1 aromatic carbocycles. The van der Waals surface area contributed by atoms with E-state index in [0.717, 1.165) is 0 Å². The van der Waals surface area contributed by atoms with Gasteiger partial charge in [-0.25, -0.2) is 0 Å². The average molecular weight is 250 g/mol. The molecule has 0 aliphatic carbocycles. The van der Waals surface area contributed by atoms with E-state index in [1.54, 1.807) is 30.3 Å². The molecular weight excluding hydrogens is 236 g/mol. The number of likely N-dealkylation sites (N-methyl/N-ethyl adjacent to an activating group) is 1. The van der Waals surface area contributed by atoms with E-state index in [9.17, 15) is 14.4 Å². The van der Waals surface area contributed by atoms with Gasteiger partial charge in [-0.1, -0.05) is 18.2 Å². The second-order valence-corrected chi connectivity index (χ2v) is 3.38. The van der Waals surface area contributed by atoms with Crippen molar-refractivity contribution in [2.75, 3.05) is 20.2 Å².